The Balaban J connectivity index is 1.85. The molecule has 0 unspecified atom stereocenters. The molecule has 0 aliphatic heterocycles. The van der Waals surface area contributed by atoms with Crippen LogP contribution in [0.3, 0.4) is 0 Å². The SMILES string of the molecule is CN(C(=O)Cc1noc2ccccc12)c1ccncc1N. The van der Waals surface area contributed by atoms with Gasteiger partial charge in [-0.25, -0.2) is 0 Å². The standard InChI is InChI=1S/C15H14N4O2/c1-19(13-6-7-17-9-11(13)16)15(20)8-12-10-4-2-3-5-14(10)21-18-12/h2-7,9H,8,16H2,1H3. The van der Waals surface area contributed by atoms with Gasteiger partial charge in [-0.05, 0) is 18.2 Å². The highest BCUT2D eigenvalue weighted by Crippen LogP contribution is 2.22. The molecule has 106 valence electrons. The van der Waals surface area contributed by atoms with E-state index in [4.69, 9.17) is 10.3 Å². The van der Waals surface area contributed by atoms with Crippen molar-refractivity contribution in [2.24, 2.45) is 0 Å². The molecule has 0 bridgehead atoms. The molecular formula is C15H14N4O2. The van der Waals surface area contributed by atoms with E-state index in [0.717, 1.165) is 5.39 Å². The third-order valence-corrected chi connectivity index (χ3v) is 3.33. The number of amides is 1. The van der Waals surface area contributed by atoms with Gasteiger partial charge in [0.15, 0.2) is 5.58 Å². The second-order valence-electron chi connectivity index (χ2n) is 4.69. The molecule has 2 N–H and O–H groups in total. The highest BCUT2D eigenvalue weighted by Gasteiger charge is 2.17. The van der Waals surface area contributed by atoms with Crippen molar-refractivity contribution in [3.8, 4) is 0 Å². The lowest BCUT2D eigenvalue weighted by molar-refractivity contribution is -0.117. The summed E-state index contributed by atoms with van der Waals surface area (Å²) < 4.78 is 5.20. The average Bonchev–Trinajstić information content (AvgIpc) is 2.90. The Kier molecular flexibility index (Phi) is 3.27. The van der Waals surface area contributed by atoms with Gasteiger partial charge in [0, 0.05) is 18.6 Å². The maximum atomic E-state index is 12.4. The predicted molar refractivity (Wildman–Crippen MR) is 79.8 cm³/mol. The van der Waals surface area contributed by atoms with Crippen LogP contribution in [0.4, 0.5) is 11.4 Å². The molecule has 6 nitrogen and oxygen atoms in total. The van der Waals surface area contributed by atoms with Gasteiger partial charge in [0.2, 0.25) is 5.91 Å². The number of hydrogen-bond acceptors (Lipinski definition) is 5. The first kappa shape index (κ1) is 13.1. The molecule has 3 aromatic rings. The zero-order chi connectivity index (χ0) is 14.8. The van der Waals surface area contributed by atoms with Gasteiger partial charge in [-0.2, -0.15) is 0 Å². The van der Waals surface area contributed by atoms with Gasteiger partial charge < -0.3 is 15.2 Å². The maximum Gasteiger partial charge on any atom is 0.232 e. The molecule has 2 aromatic heterocycles. The van der Waals surface area contributed by atoms with Gasteiger partial charge in [-0.15, -0.1) is 0 Å². The Labute approximate surface area is 121 Å². The third-order valence-electron chi connectivity index (χ3n) is 3.33. The molecule has 0 radical (unpaired) electrons. The first-order valence-corrected chi connectivity index (χ1v) is 6.46. The normalized spacial score (nSPS) is 10.7. The molecular weight excluding hydrogens is 268 g/mol. The number of likely N-dealkylation sites (N-methyl/N-ethyl adjacent to an activating group) is 1. The van der Waals surface area contributed by atoms with Crippen LogP contribution in [0.1, 0.15) is 5.69 Å². The van der Waals surface area contributed by atoms with Crippen LogP contribution in [0.2, 0.25) is 0 Å². The molecule has 0 saturated carbocycles. The fraction of sp³-hybridized carbons (Fsp3) is 0.133. The van der Waals surface area contributed by atoms with Crippen molar-refractivity contribution >= 4 is 28.3 Å². The monoisotopic (exact) mass is 282 g/mol. The van der Waals surface area contributed by atoms with Crippen molar-refractivity contribution < 1.29 is 9.32 Å². The van der Waals surface area contributed by atoms with E-state index in [1.807, 2.05) is 24.3 Å². The van der Waals surface area contributed by atoms with E-state index in [2.05, 4.69) is 10.1 Å². The molecule has 1 amide bonds. The molecule has 1 aromatic carbocycles. The predicted octanol–water partition coefficient (Wildman–Crippen LogP) is 2.01. The summed E-state index contributed by atoms with van der Waals surface area (Å²) in [5.74, 6) is -0.119. The lowest BCUT2D eigenvalue weighted by Crippen LogP contribution is -2.28. The van der Waals surface area contributed by atoms with E-state index in [-0.39, 0.29) is 12.3 Å². The zero-order valence-corrected chi connectivity index (χ0v) is 11.5. The number of para-hydroxylation sites is 1. The molecule has 0 aliphatic rings. The lowest BCUT2D eigenvalue weighted by atomic mass is 10.1. The molecule has 0 atom stereocenters. The largest absolute Gasteiger partial charge is 0.396 e. The molecule has 0 saturated heterocycles. The topological polar surface area (TPSA) is 85.2 Å². The first-order chi connectivity index (χ1) is 10.2. The van der Waals surface area contributed by atoms with E-state index >= 15 is 0 Å². The molecule has 2 heterocycles. The minimum atomic E-state index is -0.119. The summed E-state index contributed by atoms with van der Waals surface area (Å²) in [6, 6.07) is 9.16. The Morgan fingerprint density at radius 1 is 1.33 bits per heavy atom. The second kappa shape index (κ2) is 5.24. The van der Waals surface area contributed by atoms with Crippen LogP contribution in [0, 0.1) is 0 Å². The van der Waals surface area contributed by atoms with Crippen molar-refractivity contribution in [2.75, 3.05) is 17.7 Å². The number of anilines is 2. The minimum absolute atomic E-state index is 0.119. The Hall–Kier alpha value is -2.89. The van der Waals surface area contributed by atoms with Crippen molar-refractivity contribution in [2.45, 2.75) is 6.42 Å². The van der Waals surface area contributed by atoms with Crippen LogP contribution in [-0.4, -0.2) is 23.1 Å². The average molecular weight is 282 g/mol. The number of aromatic nitrogens is 2. The Morgan fingerprint density at radius 3 is 2.95 bits per heavy atom. The maximum absolute atomic E-state index is 12.4. The van der Waals surface area contributed by atoms with E-state index in [0.29, 0.717) is 22.7 Å². The summed E-state index contributed by atoms with van der Waals surface area (Å²) >= 11 is 0. The van der Waals surface area contributed by atoms with Gasteiger partial charge >= 0.3 is 0 Å². The van der Waals surface area contributed by atoms with Crippen LogP contribution in [-0.2, 0) is 11.2 Å². The fourth-order valence-corrected chi connectivity index (χ4v) is 2.17. The quantitative estimate of drug-likeness (QED) is 0.794. The molecule has 0 aliphatic carbocycles. The summed E-state index contributed by atoms with van der Waals surface area (Å²) in [6.07, 6.45) is 3.26. The molecule has 6 heteroatoms. The van der Waals surface area contributed by atoms with Gasteiger partial charge in [0.1, 0.15) is 5.69 Å². The smallest absolute Gasteiger partial charge is 0.232 e. The van der Waals surface area contributed by atoms with Gasteiger partial charge in [-0.3, -0.25) is 9.78 Å². The van der Waals surface area contributed by atoms with Gasteiger partial charge in [0.25, 0.3) is 0 Å². The number of nitrogens with two attached hydrogens (primary N) is 1. The van der Waals surface area contributed by atoms with Crippen molar-refractivity contribution in [1.82, 2.24) is 10.1 Å². The van der Waals surface area contributed by atoms with Crippen LogP contribution in [0.15, 0.2) is 47.2 Å². The number of hydrogen-bond donors (Lipinski definition) is 1. The van der Waals surface area contributed by atoms with Gasteiger partial charge in [-0.1, -0.05) is 17.3 Å². The third kappa shape index (κ3) is 2.43. The number of carbonyl (C=O) groups excluding carboxylic acids is 1. The fourth-order valence-electron chi connectivity index (χ4n) is 2.17. The number of fused-ring (bicyclic) bond motifs is 1. The van der Waals surface area contributed by atoms with E-state index < -0.39 is 0 Å². The second-order valence-corrected chi connectivity index (χ2v) is 4.69. The molecule has 0 spiro atoms. The van der Waals surface area contributed by atoms with Crippen molar-refractivity contribution in [3.63, 3.8) is 0 Å². The number of nitrogen functional groups attached to an aromatic ring is 1. The van der Waals surface area contributed by atoms with E-state index in [9.17, 15) is 4.79 Å². The summed E-state index contributed by atoms with van der Waals surface area (Å²) in [4.78, 5) is 17.8. The van der Waals surface area contributed by atoms with Crippen LogP contribution in [0.25, 0.3) is 11.0 Å². The van der Waals surface area contributed by atoms with Crippen LogP contribution < -0.4 is 10.6 Å². The molecule has 0 fully saturated rings. The van der Waals surface area contributed by atoms with Crippen molar-refractivity contribution in [3.05, 3.63) is 48.4 Å². The number of nitrogens with zero attached hydrogens (tertiary/aromatic N) is 3. The van der Waals surface area contributed by atoms with Crippen LogP contribution in [0.5, 0.6) is 0 Å². The van der Waals surface area contributed by atoms with Gasteiger partial charge in [0.05, 0.1) is 24.0 Å². The number of rotatable bonds is 3. The zero-order valence-electron chi connectivity index (χ0n) is 11.5. The highest BCUT2D eigenvalue weighted by atomic mass is 16.5. The lowest BCUT2D eigenvalue weighted by Gasteiger charge is -2.18. The number of pyridine rings is 1. The number of benzene rings is 1. The number of carbonyl (C=O) groups is 1. The minimum Gasteiger partial charge on any atom is -0.396 e. The van der Waals surface area contributed by atoms with Crippen molar-refractivity contribution in [1.29, 1.82) is 0 Å². The summed E-state index contributed by atoms with van der Waals surface area (Å²) in [6.45, 7) is 0. The molecule has 3 rings (SSSR count). The Bertz CT molecular complexity index is 797. The summed E-state index contributed by atoms with van der Waals surface area (Å²) in [5, 5.41) is 4.82. The van der Waals surface area contributed by atoms with E-state index in [1.165, 1.54) is 11.1 Å². The van der Waals surface area contributed by atoms with Crippen LogP contribution >= 0.6 is 0 Å². The Morgan fingerprint density at radius 2 is 2.14 bits per heavy atom. The first-order valence-electron chi connectivity index (χ1n) is 6.46. The summed E-state index contributed by atoms with van der Waals surface area (Å²) in [5.41, 5.74) is 8.21. The summed E-state index contributed by atoms with van der Waals surface area (Å²) in [7, 11) is 1.68. The van der Waals surface area contributed by atoms with E-state index in [1.54, 1.807) is 19.3 Å². The highest BCUT2D eigenvalue weighted by molar-refractivity contribution is 5.98. The molecule has 21 heavy (non-hydrogen) atoms.